The van der Waals surface area contributed by atoms with Crippen molar-refractivity contribution in [1.29, 1.82) is 0 Å². The molecule has 26 heavy (non-hydrogen) atoms. The minimum Gasteiger partial charge on any atom is -0.458 e. The molecule has 0 heterocycles. The quantitative estimate of drug-likeness (QED) is 0.210. The Morgan fingerprint density at radius 3 is 2.50 bits per heavy atom. The average Bonchev–Trinajstić information content (AvgIpc) is 2.90. The highest BCUT2D eigenvalue weighted by Crippen LogP contribution is 2.67. The number of carbonyl (C=O) groups excluding carboxylic acids is 1. The van der Waals surface area contributed by atoms with Crippen LogP contribution in [0, 0.1) is 16.7 Å². The van der Waals surface area contributed by atoms with Gasteiger partial charge in [0.1, 0.15) is 11.8 Å². The molecule has 0 aromatic carbocycles. The zero-order chi connectivity index (χ0) is 19.8. The van der Waals surface area contributed by atoms with E-state index in [0.29, 0.717) is 31.8 Å². The zero-order valence-electron chi connectivity index (χ0n) is 15.9. The van der Waals surface area contributed by atoms with E-state index in [1.807, 2.05) is 13.8 Å². The molecule has 0 aromatic heterocycles. The molecule has 2 bridgehead atoms. The van der Waals surface area contributed by atoms with E-state index in [2.05, 4.69) is 30.5 Å². The molecular weight excluding hydrogens is 356 g/mol. The van der Waals surface area contributed by atoms with Gasteiger partial charge in [0.25, 0.3) is 0 Å². The van der Waals surface area contributed by atoms with Gasteiger partial charge in [-0.25, -0.2) is 17.5 Å². The van der Waals surface area contributed by atoms with Crippen molar-refractivity contribution in [2.75, 3.05) is 18.8 Å². The molecule has 0 aliphatic heterocycles. The summed E-state index contributed by atoms with van der Waals surface area (Å²) in [5, 5.41) is 3.20. The van der Waals surface area contributed by atoms with Crippen LogP contribution in [-0.2, 0) is 19.6 Å². The number of fused-ring (bicyclic) bond motifs is 2. The first-order valence-electron chi connectivity index (χ1n) is 8.98. The van der Waals surface area contributed by atoms with E-state index < -0.39 is 27.5 Å². The van der Waals surface area contributed by atoms with Crippen LogP contribution in [0.15, 0.2) is 17.4 Å². The van der Waals surface area contributed by atoms with Gasteiger partial charge in [-0.05, 0) is 36.1 Å². The molecule has 2 rings (SSSR count). The van der Waals surface area contributed by atoms with Gasteiger partial charge in [0.15, 0.2) is 0 Å². The predicted molar refractivity (Wildman–Crippen MR) is 98.4 cm³/mol. The van der Waals surface area contributed by atoms with Crippen molar-refractivity contribution in [2.24, 2.45) is 21.9 Å². The Labute approximate surface area is 155 Å². The van der Waals surface area contributed by atoms with Crippen molar-refractivity contribution < 1.29 is 17.9 Å². The summed E-state index contributed by atoms with van der Waals surface area (Å²) in [6, 6.07) is 0. The summed E-state index contributed by atoms with van der Waals surface area (Å²) in [5.41, 5.74) is 7.23. The van der Waals surface area contributed by atoms with Crippen LogP contribution in [0.3, 0.4) is 0 Å². The maximum Gasteiger partial charge on any atom is 0.340 e. The molecule has 0 unspecified atom stereocenters. The number of sulfonamides is 1. The maximum absolute atomic E-state index is 13.0. The highest BCUT2D eigenvalue weighted by Gasteiger charge is 2.67. The smallest absolute Gasteiger partial charge is 0.340 e. The van der Waals surface area contributed by atoms with Crippen LogP contribution >= 0.6 is 0 Å². The SMILES string of the molecule is C=C(N=[N+]=[N-])C(=O)O[C@@H]1C[C@H]2CC[C@]1(CS(=O)(=O)N(CC)CC)C2(C)C. The fraction of sp³-hybridized carbons (Fsp3) is 0.824. The fourth-order valence-electron chi connectivity index (χ4n) is 4.83. The Kier molecular flexibility index (Phi) is 5.75. The number of hydrogen-bond acceptors (Lipinski definition) is 5. The van der Waals surface area contributed by atoms with Gasteiger partial charge >= 0.3 is 5.97 Å². The van der Waals surface area contributed by atoms with Crippen molar-refractivity contribution in [2.45, 2.75) is 53.1 Å². The Balaban J connectivity index is 2.35. The van der Waals surface area contributed by atoms with Crippen LogP contribution < -0.4 is 0 Å². The molecule has 3 atom stereocenters. The van der Waals surface area contributed by atoms with E-state index in [-0.39, 0.29) is 16.9 Å². The van der Waals surface area contributed by atoms with Crippen molar-refractivity contribution in [3.63, 3.8) is 0 Å². The molecule has 8 nitrogen and oxygen atoms in total. The van der Waals surface area contributed by atoms with E-state index in [4.69, 9.17) is 10.3 Å². The van der Waals surface area contributed by atoms with Crippen LogP contribution in [0.25, 0.3) is 10.4 Å². The lowest BCUT2D eigenvalue weighted by molar-refractivity contribution is -0.151. The van der Waals surface area contributed by atoms with Gasteiger partial charge in [0, 0.05) is 23.4 Å². The van der Waals surface area contributed by atoms with E-state index in [0.717, 1.165) is 6.42 Å². The van der Waals surface area contributed by atoms with Gasteiger partial charge in [0.2, 0.25) is 10.0 Å². The molecule has 2 saturated carbocycles. The summed E-state index contributed by atoms with van der Waals surface area (Å²) in [5.74, 6) is -0.535. The van der Waals surface area contributed by atoms with Gasteiger partial charge < -0.3 is 4.74 Å². The summed E-state index contributed by atoms with van der Waals surface area (Å²) in [7, 11) is -3.48. The second kappa shape index (κ2) is 7.21. The Morgan fingerprint density at radius 1 is 1.38 bits per heavy atom. The number of hydrogen-bond donors (Lipinski definition) is 0. The molecule has 146 valence electrons. The summed E-state index contributed by atoms with van der Waals surface area (Å²) >= 11 is 0. The Morgan fingerprint density at radius 2 is 2.00 bits per heavy atom. The molecular formula is C17H28N4O4S. The number of esters is 1. The van der Waals surface area contributed by atoms with Crippen LogP contribution in [0.2, 0.25) is 0 Å². The number of rotatable bonds is 8. The highest BCUT2D eigenvalue weighted by atomic mass is 32.2. The molecule has 0 spiro atoms. The third-order valence-electron chi connectivity index (χ3n) is 6.55. The van der Waals surface area contributed by atoms with Crippen LogP contribution in [0.5, 0.6) is 0 Å². The molecule has 9 heteroatoms. The number of ether oxygens (including phenoxy) is 1. The first kappa shape index (κ1) is 20.7. The molecule has 2 fully saturated rings. The first-order chi connectivity index (χ1) is 12.1. The molecule has 2 aliphatic carbocycles. The molecule has 0 radical (unpaired) electrons. The van der Waals surface area contributed by atoms with Crippen LogP contribution in [0.4, 0.5) is 0 Å². The topological polar surface area (TPSA) is 112 Å². The van der Waals surface area contributed by atoms with E-state index in [1.54, 1.807) is 0 Å². The van der Waals surface area contributed by atoms with Crippen molar-refractivity contribution in [1.82, 2.24) is 4.31 Å². The minimum atomic E-state index is -3.48. The molecule has 0 saturated heterocycles. The zero-order valence-corrected chi connectivity index (χ0v) is 16.8. The van der Waals surface area contributed by atoms with E-state index in [1.165, 1.54) is 4.31 Å². The highest BCUT2D eigenvalue weighted by molar-refractivity contribution is 7.89. The van der Waals surface area contributed by atoms with Crippen molar-refractivity contribution in [3.8, 4) is 0 Å². The minimum absolute atomic E-state index is 0.0445. The second-order valence-corrected chi connectivity index (χ2v) is 9.69. The summed E-state index contributed by atoms with van der Waals surface area (Å²) in [6.45, 7) is 12.0. The standard InChI is InChI=1S/C17H28N4O4S/c1-6-21(7-2)26(23,24)11-17-9-8-13(16(17,4)5)10-14(17)25-15(22)12(3)19-20-18/h13-14H,3,6-11H2,1-2,4-5H3/t13-,14-,17-/m1/s1. The molecule has 0 aromatic rings. The number of azide groups is 1. The van der Waals surface area contributed by atoms with Gasteiger partial charge in [-0.2, -0.15) is 0 Å². The lowest BCUT2D eigenvalue weighted by atomic mass is 9.69. The van der Waals surface area contributed by atoms with Gasteiger partial charge in [-0.1, -0.05) is 39.4 Å². The Hall–Kier alpha value is -1.57. The molecule has 0 N–H and O–H groups in total. The third kappa shape index (κ3) is 3.23. The van der Waals surface area contributed by atoms with Crippen molar-refractivity contribution >= 4 is 16.0 Å². The fourth-order valence-corrected chi connectivity index (χ4v) is 7.15. The predicted octanol–water partition coefficient (Wildman–Crippen LogP) is 3.22. The number of nitrogens with zero attached hydrogens (tertiary/aromatic N) is 4. The third-order valence-corrected chi connectivity index (χ3v) is 8.73. The summed E-state index contributed by atoms with van der Waals surface area (Å²) < 4.78 is 33.0. The van der Waals surface area contributed by atoms with Gasteiger partial charge in [-0.3, -0.25) is 0 Å². The lowest BCUT2D eigenvalue weighted by Gasteiger charge is -2.42. The van der Waals surface area contributed by atoms with Gasteiger partial charge in [-0.15, -0.1) is 0 Å². The maximum atomic E-state index is 13.0. The molecule has 0 amide bonds. The largest absolute Gasteiger partial charge is 0.458 e. The van der Waals surface area contributed by atoms with Crippen LogP contribution in [-0.4, -0.2) is 43.6 Å². The Bertz CT molecular complexity index is 738. The second-order valence-electron chi connectivity index (χ2n) is 7.72. The normalized spacial score (nSPS) is 29.4. The first-order valence-corrected chi connectivity index (χ1v) is 10.6. The summed E-state index contributed by atoms with van der Waals surface area (Å²) in [6.07, 6.45) is 1.71. The van der Waals surface area contributed by atoms with E-state index >= 15 is 0 Å². The number of carbonyl (C=O) groups is 1. The average molecular weight is 385 g/mol. The van der Waals surface area contributed by atoms with Crippen LogP contribution in [0.1, 0.15) is 47.0 Å². The van der Waals surface area contributed by atoms with E-state index in [9.17, 15) is 13.2 Å². The molecule has 2 aliphatic rings. The monoisotopic (exact) mass is 384 g/mol. The van der Waals surface area contributed by atoms with Crippen molar-refractivity contribution in [3.05, 3.63) is 22.7 Å². The van der Waals surface area contributed by atoms with Gasteiger partial charge in [0.05, 0.1) is 5.75 Å². The summed E-state index contributed by atoms with van der Waals surface area (Å²) in [4.78, 5) is 14.7. The lowest BCUT2D eigenvalue weighted by Crippen LogP contribution is -2.49.